The van der Waals surface area contributed by atoms with Crippen molar-refractivity contribution in [2.75, 3.05) is 0 Å². The van der Waals surface area contributed by atoms with Gasteiger partial charge >= 0.3 is 0 Å². The van der Waals surface area contributed by atoms with E-state index in [1.54, 1.807) is 29.1 Å². The number of benzene rings is 2. The number of carbonyl (C=O) groups excluding carboxylic acids is 1. The number of non-ortho nitro benzene ring substituents is 1. The summed E-state index contributed by atoms with van der Waals surface area (Å²) in [6.45, 7) is 0.472. The number of rotatable bonds is 6. The maximum Gasteiger partial charge on any atom is 0.293 e. The zero-order chi connectivity index (χ0) is 20.1. The number of amides is 1. The first-order valence-electron chi connectivity index (χ1n) is 7.97. The van der Waals surface area contributed by atoms with Crippen molar-refractivity contribution in [2.24, 2.45) is 5.10 Å². The number of hydrazone groups is 1. The van der Waals surface area contributed by atoms with E-state index in [0.29, 0.717) is 21.6 Å². The third-order valence-corrected chi connectivity index (χ3v) is 4.48. The Morgan fingerprint density at radius 1 is 1.32 bits per heavy atom. The highest BCUT2D eigenvalue weighted by Crippen LogP contribution is 2.17. The summed E-state index contributed by atoms with van der Waals surface area (Å²) in [5, 5.41) is 19.5. The van der Waals surface area contributed by atoms with Gasteiger partial charge in [0.05, 0.1) is 22.2 Å². The first-order valence-corrected chi connectivity index (χ1v) is 9.15. The highest BCUT2D eigenvalue weighted by atomic mass is 79.9. The predicted molar refractivity (Wildman–Crippen MR) is 109 cm³/mol. The molecule has 0 saturated carbocycles. The van der Waals surface area contributed by atoms with E-state index in [2.05, 4.69) is 31.6 Å². The highest BCUT2D eigenvalue weighted by molar-refractivity contribution is 9.10. The average Bonchev–Trinajstić information content (AvgIpc) is 3.04. The van der Waals surface area contributed by atoms with Gasteiger partial charge in [-0.2, -0.15) is 10.2 Å². The molecule has 0 spiro atoms. The second-order valence-corrected chi connectivity index (χ2v) is 6.99. The molecule has 0 saturated heterocycles. The van der Waals surface area contributed by atoms with E-state index in [-0.39, 0.29) is 11.4 Å². The average molecular weight is 463 g/mol. The number of nitro groups is 1. The fourth-order valence-electron chi connectivity index (χ4n) is 2.35. The quantitative estimate of drug-likeness (QED) is 0.339. The van der Waals surface area contributed by atoms with Crippen LogP contribution in [0.3, 0.4) is 0 Å². The lowest BCUT2D eigenvalue weighted by Crippen LogP contribution is -2.19. The van der Waals surface area contributed by atoms with Crippen molar-refractivity contribution >= 4 is 45.3 Å². The van der Waals surface area contributed by atoms with E-state index in [0.717, 1.165) is 5.56 Å². The number of hydrogen-bond donors (Lipinski definition) is 1. The third-order valence-electron chi connectivity index (χ3n) is 3.65. The molecule has 1 aromatic heterocycles. The van der Waals surface area contributed by atoms with Crippen LogP contribution in [0.2, 0.25) is 5.02 Å². The number of halogens is 2. The first kappa shape index (κ1) is 19.7. The fourth-order valence-corrected chi connectivity index (χ4v) is 2.97. The van der Waals surface area contributed by atoms with Crippen molar-refractivity contribution < 1.29 is 9.72 Å². The maximum absolute atomic E-state index is 12.3. The van der Waals surface area contributed by atoms with Gasteiger partial charge in [0.2, 0.25) is 0 Å². The van der Waals surface area contributed by atoms with Gasteiger partial charge in [0, 0.05) is 28.9 Å². The van der Waals surface area contributed by atoms with Crippen molar-refractivity contribution in [3.05, 3.63) is 91.2 Å². The standard InChI is InChI=1S/C18H13BrClN5O3/c19-16-11-24(10-12-4-6-14(20)7-5-12)23-17(16)18(26)22-21-9-13-2-1-3-15(8-13)25(27)28/h1-9,11H,10H2,(H,22,26)/b21-9-. The summed E-state index contributed by atoms with van der Waals surface area (Å²) in [4.78, 5) is 22.6. The van der Waals surface area contributed by atoms with E-state index in [1.165, 1.54) is 24.4 Å². The van der Waals surface area contributed by atoms with E-state index in [1.807, 2.05) is 12.1 Å². The van der Waals surface area contributed by atoms with E-state index >= 15 is 0 Å². The van der Waals surface area contributed by atoms with Crippen LogP contribution in [0.1, 0.15) is 21.6 Å². The molecule has 0 aliphatic heterocycles. The topological polar surface area (TPSA) is 102 Å². The van der Waals surface area contributed by atoms with E-state index < -0.39 is 10.8 Å². The van der Waals surface area contributed by atoms with Crippen molar-refractivity contribution in [2.45, 2.75) is 6.54 Å². The van der Waals surface area contributed by atoms with Crippen LogP contribution in [-0.2, 0) is 6.54 Å². The van der Waals surface area contributed by atoms with Gasteiger partial charge in [0.25, 0.3) is 11.6 Å². The van der Waals surface area contributed by atoms with Crippen LogP contribution in [0, 0.1) is 10.1 Å². The van der Waals surface area contributed by atoms with Gasteiger partial charge in [0.15, 0.2) is 5.69 Å². The highest BCUT2D eigenvalue weighted by Gasteiger charge is 2.15. The van der Waals surface area contributed by atoms with Gasteiger partial charge in [-0.1, -0.05) is 35.9 Å². The Bertz CT molecular complexity index is 1050. The van der Waals surface area contributed by atoms with E-state index in [9.17, 15) is 14.9 Å². The summed E-state index contributed by atoms with van der Waals surface area (Å²) in [7, 11) is 0. The molecule has 10 heteroatoms. The van der Waals surface area contributed by atoms with Gasteiger partial charge in [-0.15, -0.1) is 0 Å². The second-order valence-electron chi connectivity index (χ2n) is 5.70. The molecule has 0 fully saturated rings. The fraction of sp³-hybridized carbons (Fsp3) is 0.0556. The number of aromatic nitrogens is 2. The molecule has 0 unspecified atom stereocenters. The Hall–Kier alpha value is -3.04. The first-order chi connectivity index (χ1) is 13.4. The Balaban J connectivity index is 1.66. The minimum atomic E-state index is -0.511. The van der Waals surface area contributed by atoms with Crippen molar-refractivity contribution in [3.63, 3.8) is 0 Å². The van der Waals surface area contributed by atoms with Crippen LogP contribution in [0.25, 0.3) is 0 Å². The van der Waals surface area contributed by atoms with E-state index in [4.69, 9.17) is 11.6 Å². The summed E-state index contributed by atoms with van der Waals surface area (Å²) < 4.78 is 2.14. The normalized spacial score (nSPS) is 10.9. The Kier molecular flexibility index (Phi) is 6.17. The molecular formula is C18H13BrClN5O3. The van der Waals surface area contributed by atoms with Gasteiger partial charge < -0.3 is 0 Å². The number of nitro benzene ring substituents is 1. The largest absolute Gasteiger partial charge is 0.293 e. The predicted octanol–water partition coefficient (Wildman–Crippen LogP) is 4.02. The van der Waals surface area contributed by atoms with Crippen LogP contribution < -0.4 is 5.43 Å². The molecule has 1 heterocycles. The Morgan fingerprint density at radius 3 is 2.79 bits per heavy atom. The summed E-state index contributed by atoms with van der Waals surface area (Å²) in [5.41, 5.74) is 3.94. The number of hydrogen-bond acceptors (Lipinski definition) is 5. The molecule has 1 N–H and O–H groups in total. The minimum Gasteiger partial charge on any atom is -0.266 e. The molecule has 3 aromatic rings. The van der Waals surface area contributed by atoms with Crippen LogP contribution >= 0.6 is 27.5 Å². The molecule has 0 aliphatic rings. The minimum absolute atomic E-state index is 0.0565. The molecule has 142 valence electrons. The molecule has 8 nitrogen and oxygen atoms in total. The molecule has 0 atom stereocenters. The summed E-state index contributed by atoms with van der Waals surface area (Å²) >= 11 is 9.19. The summed E-state index contributed by atoms with van der Waals surface area (Å²) in [5.74, 6) is -0.511. The lowest BCUT2D eigenvalue weighted by Gasteiger charge is -2.01. The summed E-state index contributed by atoms with van der Waals surface area (Å²) in [6.07, 6.45) is 3.01. The lowest BCUT2D eigenvalue weighted by molar-refractivity contribution is -0.384. The number of nitrogens with zero attached hydrogens (tertiary/aromatic N) is 4. The molecule has 28 heavy (non-hydrogen) atoms. The molecule has 1 amide bonds. The monoisotopic (exact) mass is 461 g/mol. The van der Waals surface area contributed by atoms with Crippen molar-refractivity contribution in [3.8, 4) is 0 Å². The molecule has 0 radical (unpaired) electrons. The third kappa shape index (κ3) is 5.02. The molecule has 0 aliphatic carbocycles. The molecule has 3 rings (SSSR count). The van der Waals surface area contributed by atoms with Crippen molar-refractivity contribution in [1.29, 1.82) is 0 Å². The van der Waals surface area contributed by atoms with Crippen molar-refractivity contribution in [1.82, 2.24) is 15.2 Å². The summed E-state index contributed by atoms with van der Waals surface area (Å²) in [6, 6.07) is 13.2. The Morgan fingerprint density at radius 2 is 2.07 bits per heavy atom. The van der Waals surface area contributed by atoms with Gasteiger partial charge in [-0.05, 0) is 33.6 Å². The van der Waals surface area contributed by atoms with Gasteiger partial charge in [-0.3, -0.25) is 19.6 Å². The van der Waals surface area contributed by atoms with Gasteiger partial charge in [0.1, 0.15) is 0 Å². The van der Waals surface area contributed by atoms with Crippen LogP contribution in [0.5, 0.6) is 0 Å². The lowest BCUT2D eigenvalue weighted by atomic mass is 10.2. The van der Waals surface area contributed by atoms with Crippen LogP contribution in [0.4, 0.5) is 5.69 Å². The van der Waals surface area contributed by atoms with Crippen LogP contribution in [0.15, 0.2) is 64.3 Å². The number of carbonyl (C=O) groups is 1. The van der Waals surface area contributed by atoms with Gasteiger partial charge in [-0.25, -0.2) is 5.43 Å². The van der Waals surface area contributed by atoms with Crippen LogP contribution in [-0.4, -0.2) is 26.8 Å². The zero-order valence-electron chi connectivity index (χ0n) is 14.3. The number of nitrogens with one attached hydrogen (secondary N) is 1. The second kappa shape index (κ2) is 8.77. The Labute approximate surface area is 173 Å². The zero-order valence-corrected chi connectivity index (χ0v) is 16.6. The molecule has 2 aromatic carbocycles. The SMILES string of the molecule is O=C(N/N=C\c1cccc([N+](=O)[O-])c1)c1nn(Cc2ccc(Cl)cc2)cc1Br. The molecule has 0 bridgehead atoms. The smallest absolute Gasteiger partial charge is 0.266 e. The molecular weight excluding hydrogens is 450 g/mol. The maximum atomic E-state index is 12.3.